The highest BCUT2D eigenvalue weighted by atomic mass is 35.5. The zero-order valence-corrected chi connectivity index (χ0v) is 21.4. The number of rotatable bonds is 10. The van der Waals surface area contributed by atoms with Gasteiger partial charge in [-0.3, -0.25) is 14.2 Å². The van der Waals surface area contributed by atoms with Crippen molar-refractivity contribution >= 4 is 41.0 Å². The number of hydrogen-bond donors (Lipinski definition) is 4. The van der Waals surface area contributed by atoms with E-state index in [2.05, 4.69) is 20.6 Å². The first-order chi connectivity index (χ1) is 18.4. The van der Waals surface area contributed by atoms with Crippen LogP contribution in [0.2, 0.25) is 5.15 Å². The number of carbonyl (C=O) groups is 1. The van der Waals surface area contributed by atoms with Crippen LogP contribution in [0.4, 0.5) is 17.2 Å². The number of nitrogens with one attached hydrogen (secondary N) is 2. The number of nitrogen functional groups attached to an aromatic ring is 1. The van der Waals surface area contributed by atoms with Gasteiger partial charge in [0.2, 0.25) is 5.91 Å². The minimum atomic E-state index is -0.459. The molecule has 3 aromatic carbocycles. The molecule has 1 heterocycles. The molecule has 38 heavy (non-hydrogen) atoms. The van der Waals surface area contributed by atoms with Crippen LogP contribution < -0.4 is 27.7 Å². The van der Waals surface area contributed by atoms with Gasteiger partial charge in [0.15, 0.2) is 11.0 Å². The molecule has 6 N–H and O–H groups in total. The highest BCUT2D eigenvalue weighted by Gasteiger charge is 2.19. The lowest BCUT2D eigenvalue weighted by Crippen LogP contribution is -2.34. The maximum absolute atomic E-state index is 13.5. The molecule has 0 saturated heterocycles. The molecular weight excluding hydrogens is 502 g/mol. The van der Waals surface area contributed by atoms with E-state index >= 15 is 0 Å². The fourth-order valence-corrected chi connectivity index (χ4v) is 4.22. The number of carbonyl (C=O) groups excluding carboxylic acids is 1. The lowest BCUT2D eigenvalue weighted by molar-refractivity contribution is -0.121. The largest absolute Gasteiger partial charge is 0.399 e. The number of aromatic nitrogens is 2. The molecule has 0 radical (unpaired) electrons. The second-order valence-electron chi connectivity index (χ2n) is 8.50. The molecular formula is C28H28ClN7O2. The Morgan fingerprint density at radius 3 is 2.50 bits per heavy atom. The fraction of sp³-hybridized carbons (Fsp3) is 0.143. The summed E-state index contributed by atoms with van der Waals surface area (Å²) in [5.74, 6) is -0.291. The van der Waals surface area contributed by atoms with Gasteiger partial charge in [-0.15, -0.1) is 0 Å². The van der Waals surface area contributed by atoms with Crippen molar-refractivity contribution in [2.75, 3.05) is 17.6 Å². The molecule has 10 heteroatoms. The van der Waals surface area contributed by atoms with Gasteiger partial charge in [0.05, 0.1) is 17.7 Å². The first-order valence-corrected chi connectivity index (χ1v) is 12.4. The third-order valence-electron chi connectivity index (χ3n) is 5.78. The molecule has 4 aromatic rings. The van der Waals surface area contributed by atoms with E-state index in [1.54, 1.807) is 36.4 Å². The van der Waals surface area contributed by atoms with Gasteiger partial charge >= 0.3 is 0 Å². The summed E-state index contributed by atoms with van der Waals surface area (Å²) in [5, 5.41) is 6.01. The highest BCUT2D eigenvalue weighted by molar-refractivity contribution is 6.32. The van der Waals surface area contributed by atoms with Gasteiger partial charge in [0.1, 0.15) is 6.54 Å². The average Bonchev–Trinajstić information content (AvgIpc) is 2.91. The third-order valence-corrected chi connectivity index (χ3v) is 6.05. The molecule has 0 aliphatic heterocycles. The summed E-state index contributed by atoms with van der Waals surface area (Å²) in [6.45, 7) is 0.486. The first kappa shape index (κ1) is 26.4. The van der Waals surface area contributed by atoms with Gasteiger partial charge in [-0.2, -0.15) is 0 Å². The molecule has 1 amide bonds. The second kappa shape index (κ2) is 12.6. The van der Waals surface area contributed by atoms with Gasteiger partial charge in [0.25, 0.3) is 5.56 Å². The lowest BCUT2D eigenvalue weighted by atomic mass is 10.1. The number of nitrogens with two attached hydrogens (primary N) is 2. The zero-order valence-electron chi connectivity index (χ0n) is 20.6. The van der Waals surface area contributed by atoms with Crippen molar-refractivity contribution in [1.82, 2.24) is 14.9 Å². The number of amides is 1. The number of halogens is 1. The molecule has 0 atom stereocenters. The van der Waals surface area contributed by atoms with Crippen LogP contribution in [0.3, 0.4) is 0 Å². The number of nitrogens with zero attached hydrogens (tertiary/aromatic N) is 3. The highest BCUT2D eigenvalue weighted by Crippen LogP contribution is 2.27. The quantitative estimate of drug-likeness (QED) is 0.140. The molecule has 0 spiro atoms. The van der Waals surface area contributed by atoms with Crippen molar-refractivity contribution in [2.24, 2.45) is 10.7 Å². The topological polar surface area (TPSA) is 140 Å². The number of benzene rings is 3. The van der Waals surface area contributed by atoms with Crippen LogP contribution in [-0.2, 0) is 24.3 Å². The predicted octanol–water partition coefficient (Wildman–Crippen LogP) is 3.74. The predicted molar refractivity (Wildman–Crippen MR) is 153 cm³/mol. The standard InChI is InChI=1S/C28H28ClN7O2/c29-26-25(21-7-4-8-22(31)15-21)36(17-24(37)33-16-20-9-11-23(12-10-20)34-18-30)28(38)27(35-26)32-14-13-19-5-2-1-3-6-19/h1-12,15,18H,13-14,16-17,31H2,(H2,30,34)(H,32,35)(H,33,37). The van der Waals surface area contributed by atoms with Crippen molar-refractivity contribution < 1.29 is 4.79 Å². The maximum Gasteiger partial charge on any atom is 0.294 e. The summed E-state index contributed by atoms with van der Waals surface area (Å²) in [5.41, 5.74) is 14.9. The van der Waals surface area contributed by atoms with Crippen molar-refractivity contribution in [1.29, 1.82) is 0 Å². The number of anilines is 2. The SMILES string of the molecule is NC=Nc1ccc(CNC(=O)Cn2c(-c3cccc(N)c3)c(Cl)nc(NCCc3ccccc3)c2=O)cc1. The van der Waals surface area contributed by atoms with E-state index < -0.39 is 5.56 Å². The summed E-state index contributed by atoms with van der Waals surface area (Å²) in [6, 6.07) is 24.1. The molecule has 4 rings (SSSR count). The van der Waals surface area contributed by atoms with Crippen molar-refractivity contribution in [3.63, 3.8) is 0 Å². The van der Waals surface area contributed by atoms with Crippen LogP contribution in [0.25, 0.3) is 11.3 Å². The molecule has 0 aliphatic rings. The first-order valence-electron chi connectivity index (χ1n) is 12.0. The van der Waals surface area contributed by atoms with Crippen LogP contribution in [-0.4, -0.2) is 28.3 Å². The van der Waals surface area contributed by atoms with E-state index in [1.807, 2.05) is 42.5 Å². The van der Waals surface area contributed by atoms with Gasteiger partial charge in [-0.1, -0.05) is 66.2 Å². The summed E-state index contributed by atoms with van der Waals surface area (Å²) < 4.78 is 1.32. The Kier molecular flexibility index (Phi) is 8.73. The molecule has 0 unspecified atom stereocenters. The molecule has 0 saturated carbocycles. The molecule has 0 fully saturated rings. The molecule has 194 valence electrons. The maximum atomic E-state index is 13.5. The Hall–Kier alpha value is -4.63. The second-order valence-corrected chi connectivity index (χ2v) is 8.86. The summed E-state index contributed by atoms with van der Waals surface area (Å²) in [7, 11) is 0. The van der Waals surface area contributed by atoms with E-state index in [0.29, 0.717) is 35.6 Å². The van der Waals surface area contributed by atoms with Crippen LogP contribution in [0.15, 0.2) is 88.6 Å². The van der Waals surface area contributed by atoms with Crippen LogP contribution in [0, 0.1) is 0 Å². The zero-order chi connectivity index (χ0) is 26.9. The van der Waals surface area contributed by atoms with E-state index in [0.717, 1.165) is 11.1 Å². The van der Waals surface area contributed by atoms with Gasteiger partial charge in [0, 0.05) is 24.3 Å². The van der Waals surface area contributed by atoms with Crippen molar-refractivity contribution in [3.05, 3.63) is 105 Å². The average molecular weight is 530 g/mol. The molecule has 9 nitrogen and oxygen atoms in total. The van der Waals surface area contributed by atoms with Crippen LogP contribution in [0.1, 0.15) is 11.1 Å². The van der Waals surface area contributed by atoms with E-state index in [-0.39, 0.29) is 30.0 Å². The Balaban J connectivity index is 1.57. The van der Waals surface area contributed by atoms with Crippen LogP contribution >= 0.6 is 11.6 Å². The minimum absolute atomic E-state index is 0.0717. The Labute approximate surface area is 225 Å². The van der Waals surface area contributed by atoms with E-state index in [1.165, 1.54) is 10.9 Å². The Morgan fingerprint density at radius 1 is 1.03 bits per heavy atom. The third kappa shape index (κ3) is 6.77. The number of hydrogen-bond acceptors (Lipinski definition) is 6. The van der Waals surface area contributed by atoms with Gasteiger partial charge < -0.3 is 22.1 Å². The summed E-state index contributed by atoms with van der Waals surface area (Å²) >= 11 is 6.58. The van der Waals surface area contributed by atoms with E-state index in [4.69, 9.17) is 23.1 Å². The minimum Gasteiger partial charge on any atom is -0.399 e. The van der Waals surface area contributed by atoms with Gasteiger partial charge in [-0.25, -0.2) is 9.98 Å². The Morgan fingerprint density at radius 2 is 1.79 bits per heavy atom. The monoisotopic (exact) mass is 529 g/mol. The van der Waals surface area contributed by atoms with Crippen LogP contribution in [0.5, 0.6) is 0 Å². The molecule has 1 aromatic heterocycles. The summed E-state index contributed by atoms with van der Waals surface area (Å²) in [6.07, 6.45) is 1.91. The smallest absolute Gasteiger partial charge is 0.294 e. The molecule has 0 aliphatic carbocycles. The normalized spacial score (nSPS) is 11.0. The Bertz CT molecular complexity index is 1490. The van der Waals surface area contributed by atoms with Crippen molar-refractivity contribution in [2.45, 2.75) is 19.5 Å². The van der Waals surface area contributed by atoms with E-state index in [9.17, 15) is 9.59 Å². The lowest BCUT2D eigenvalue weighted by Gasteiger charge is -2.17. The van der Waals surface area contributed by atoms with Crippen molar-refractivity contribution in [3.8, 4) is 11.3 Å². The summed E-state index contributed by atoms with van der Waals surface area (Å²) in [4.78, 5) is 34.8. The fourth-order valence-electron chi connectivity index (χ4n) is 3.92. The molecule has 0 bridgehead atoms. The van der Waals surface area contributed by atoms with Gasteiger partial charge in [-0.05, 0) is 41.8 Å². The number of aliphatic imine (C=N–C) groups is 1.